The van der Waals surface area contributed by atoms with Crippen molar-refractivity contribution in [3.63, 3.8) is 0 Å². The normalized spacial score (nSPS) is 12.2. The number of rotatable bonds is 27. The highest BCUT2D eigenvalue weighted by atomic mass is 15.2. The molecule has 12 nitrogen and oxygen atoms in total. The molecule has 0 radical (unpaired) electrons. The fraction of sp³-hybridized carbons (Fsp3) is 1.00. The van der Waals surface area contributed by atoms with Crippen LogP contribution in [0.5, 0.6) is 0 Å². The van der Waals surface area contributed by atoms with Gasteiger partial charge in [0, 0.05) is 144 Å². The van der Waals surface area contributed by atoms with Crippen LogP contribution in [-0.4, -0.2) is 164 Å². The Balaban J connectivity index is 4.33. The number of nitrogens with zero attached hydrogens (tertiary/aromatic N) is 4. The zero-order valence-electron chi connectivity index (χ0n) is 21.8. The molecule has 0 saturated carbocycles. The first kappa shape index (κ1) is 33.5. The van der Waals surface area contributed by atoms with Crippen molar-refractivity contribution in [1.29, 1.82) is 0 Å². The Morgan fingerprint density at radius 1 is 0.294 bits per heavy atom. The van der Waals surface area contributed by atoms with Gasteiger partial charge < -0.3 is 45.0 Å². The van der Waals surface area contributed by atoms with Crippen molar-refractivity contribution in [3.05, 3.63) is 0 Å². The molecule has 0 bridgehead atoms. The highest BCUT2D eigenvalue weighted by Crippen LogP contribution is 1.95. The smallest absolute Gasteiger partial charge is 0.0110 e. The van der Waals surface area contributed by atoms with Crippen LogP contribution in [0, 0.1) is 0 Å². The predicted molar refractivity (Wildman–Crippen MR) is 146 cm³/mol. The van der Waals surface area contributed by atoms with E-state index >= 15 is 0 Å². The van der Waals surface area contributed by atoms with Crippen LogP contribution in [-0.2, 0) is 0 Å². The Morgan fingerprint density at radius 3 is 0.794 bits per heavy atom. The number of nitrogens with one attached hydrogen (secondary N) is 2. The summed E-state index contributed by atoms with van der Waals surface area (Å²) in [5.74, 6) is 0. The van der Waals surface area contributed by atoms with Gasteiger partial charge in [-0.25, -0.2) is 0 Å². The molecule has 0 atom stereocenters. The topological polar surface area (TPSA) is 193 Å². The second-order valence-electron chi connectivity index (χ2n) is 8.60. The van der Waals surface area contributed by atoms with Crippen molar-refractivity contribution in [2.45, 2.75) is 0 Å². The zero-order valence-corrected chi connectivity index (χ0v) is 21.8. The average Bonchev–Trinajstić information content (AvgIpc) is 2.82. The largest absolute Gasteiger partial charge is 0.329 e. The summed E-state index contributed by atoms with van der Waals surface area (Å²) in [6.07, 6.45) is 0. The summed E-state index contributed by atoms with van der Waals surface area (Å²) in [4.78, 5) is 9.51. The number of hydrogen-bond acceptors (Lipinski definition) is 12. The molecular formula is C22H58N12. The molecule has 0 aromatic carbocycles. The highest BCUT2D eigenvalue weighted by Gasteiger charge is 2.11. The SMILES string of the molecule is NCCN(CCN)CCNCCNCCN(CCN(CCN)CCN)CCN(CCN)CCN. The van der Waals surface area contributed by atoms with E-state index in [0.717, 1.165) is 105 Å². The van der Waals surface area contributed by atoms with Crippen molar-refractivity contribution in [2.75, 3.05) is 144 Å². The molecule has 0 aliphatic rings. The van der Waals surface area contributed by atoms with Crippen LogP contribution in [0.3, 0.4) is 0 Å². The summed E-state index contributed by atoms with van der Waals surface area (Å²) in [7, 11) is 0. The van der Waals surface area contributed by atoms with Crippen LogP contribution >= 0.6 is 0 Å². The van der Waals surface area contributed by atoms with Crippen molar-refractivity contribution in [3.8, 4) is 0 Å². The third-order valence-electron chi connectivity index (χ3n) is 5.83. The molecule has 0 fully saturated rings. The maximum atomic E-state index is 5.77. The van der Waals surface area contributed by atoms with E-state index in [1.165, 1.54) is 0 Å². The molecule has 0 amide bonds. The molecule has 0 saturated heterocycles. The minimum Gasteiger partial charge on any atom is -0.329 e. The van der Waals surface area contributed by atoms with E-state index < -0.39 is 0 Å². The standard InChI is InChI=1S/C22H58N12/c23-1-11-31(12-2-24)17-9-29-7-8-30-10-18-34(21-19-32(13-3-25)14-4-26)22-20-33(15-5-27)16-6-28/h29-30H,1-28H2. The summed E-state index contributed by atoms with van der Waals surface area (Å²) in [6, 6.07) is 0. The maximum absolute atomic E-state index is 5.77. The molecule has 0 aliphatic heterocycles. The molecule has 12 heteroatoms. The summed E-state index contributed by atoms with van der Waals surface area (Å²) in [5.41, 5.74) is 34.4. The summed E-state index contributed by atoms with van der Waals surface area (Å²) < 4.78 is 0. The molecule has 0 heterocycles. The first-order valence-electron chi connectivity index (χ1n) is 13.2. The Bertz CT molecular complexity index is 366. The summed E-state index contributed by atoms with van der Waals surface area (Å²) in [5, 5.41) is 7.06. The van der Waals surface area contributed by atoms with Gasteiger partial charge in [-0.15, -0.1) is 0 Å². The molecule has 0 aliphatic carbocycles. The molecule has 0 rings (SSSR count). The van der Waals surface area contributed by atoms with Gasteiger partial charge in [-0.2, -0.15) is 0 Å². The monoisotopic (exact) mass is 490 g/mol. The van der Waals surface area contributed by atoms with Crippen LogP contribution in [0.15, 0.2) is 0 Å². The van der Waals surface area contributed by atoms with Crippen molar-refractivity contribution in [2.24, 2.45) is 34.4 Å². The van der Waals surface area contributed by atoms with E-state index in [9.17, 15) is 0 Å². The molecule has 0 spiro atoms. The van der Waals surface area contributed by atoms with Gasteiger partial charge in [-0.05, 0) is 0 Å². The molecular weight excluding hydrogens is 432 g/mol. The number of nitrogens with two attached hydrogens (primary N) is 6. The van der Waals surface area contributed by atoms with Gasteiger partial charge in [0.1, 0.15) is 0 Å². The maximum Gasteiger partial charge on any atom is 0.0110 e. The van der Waals surface area contributed by atoms with E-state index in [-0.39, 0.29) is 0 Å². The number of hydrogen-bond donors (Lipinski definition) is 8. The molecule has 14 N–H and O–H groups in total. The van der Waals surface area contributed by atoms with Crippen molar-refractivity contribution < 1.29 is 0 Å². The Kier molecular flexibility index (Phi) is 25.2. The summed E-state index contributed by atoms with van der Waals surface area (Å²) >= 11 is 0. The van der Waals surface area contributed by atoms with E-state index in [4.69, 9.17) is 34.4 Å². The lowest BCUT2D eigenvalue weighted by molar-refractivity contribution is 0.181. The van der Waals surface area contributed by atoms with Crippen LogP contribution in [0.2, 0.25) is 0 Å². The van der Waals surface area contributed by atoms with Gasteiger partial charge in [0.2, 0.25) is 0 Å². The van der Waals surface area contributed by atoms with Gasteiger partial charge >= 0.3 is 0 Å². The Morgan fingerprint density at radius 2 is 0.529 bits per heavy atom. The predicted octanol–water partition coefficient (Wildman–Crippen LogP) is -4.87. The van der Waals surface area contributed by atoms with E-state index in [2.05, 4.69) is 30.2 Å². The van der Waals surface area contributed by atoms with Gasteiger partial charge in [-0.1, -0.05) is 0 Å². The second-order valence-corrected chi connectivity index (χ2v) is 8.60. The lowest BCUT2D eigenvalue weighted by Gasteiger charge is -2.30. The van der Waals surface area contributed by atoms with Crippen molar-refractivity contribution in [1.82, 2.24) is 30.2 Å². The van der Waals surface area contributed by atoms with E-state index in [1.807, 2.05) is 0 Å². The molecule has 0 aromatic heterocycles. The van der Waals surface area contributed by atoms with Crippen molar-refractivity contribution >= 4 is 0 Å². The van der Waals surface area contributed by atoms with Crippen LogP contribution in [0.1, 0.15) is 0 Å². The second kappa shape index (κ2) is 25.6. The third-order valence-corrected chi connectivity index (χ3v) is 5.83. The van der Waals surface area contributed by atoms with Crippen LogP contribution in [0.4, 0.5) is 0 Å². The average molecular weight is 491 g/mol. The quantitative estimate of drug-likeness (QED) is 0.0512. The van der Waals surface area contributed by atoms with Gasteiger partial charge in [0.15, 0.2) is 0 Å². The zero-order chi connectivity index (χ0) is 25.3. The minimum absolute atomic E-state index is 0.658. The highest BCUT2D eigenvalue weighted by molar-refractivity contribution is 4.69. The lowest BCUT2D eigenvalue weighted by atomic mass is 10.3. The Labute approximate surface area is 209 Å². The fourth-order valence-corrected chi connectivity index (χ4v) is 3.90. The molecule has 34 heavy (non-hydrogen) atoms. The van der Waals surface area contributed by atoms with Gasteiger partial charge in [-0.3, -0.25) is 19.6 Å². The lowest BCUT2D eigenvalue weighted by Crippen LogP contribution is -2.45. The van der Waals surface area contributed by atoms with Gasteiger partial charge in [0.05, 0.1) is 0 Å². The molecule has 0 aromatic rings. The first-order valence-corrected chi connectivity index (χ1v) is 13.2. The van der Waals surface area contributed by atoms with E-state index in [0.29, 0.717) is 39.3 Å². The van der Waals surface area contributed by atoms with E-state index in [1.54, 1.807) is 0 Å². The Hall–Kier alpha value is -0.480. The third kappa shape index (κ3) is 19.8. The molecule has 0 unspecified atom stereocenters. The van der Waals surface area contributed by atoms with Crippen LogP contribution in [0.25, 0.3) is 0 Å². The minimum atomic E-state index is 0.658. The fourth-order valence-electron chi connectivity index (χ4n) is 3.90. The summed E-state index contributed by atoms with van der Waals surface area (Å²) in [6.45, 7) is 19.0. The van der Waals surface area contributed by atoms with Crippen LogP contribution < -0.4 is 45.0 Å². The van der Waals surface area contributed by atoms with Gasteiger partial charge in [0.25, 0.3) is 0 Å². The molecule has 206 valence electrons. The first-order chi connectivity index (χ1) is 16.6.